The lowest BCUT2D eigenvalue weighted by Gasteiger charge is -2.10. The number of hydrogen-bond acceptors (Lipinski definition) is 5. The van der Waals surface area contributed by atoms with Crippen molar-refractivity contribution in [3.8, 4) is 0 Å². The first kappa shape index (κ1) is 14.6. The minimum atomic E-state index is -0.192. The highest BCUT2D eigenvalue weighted by molar-refractivity contribution is 7.98. The van der Waals surface area contributed by atoms with Gasteiger partial charge < -0.3 is 4.74 Å². The van der Waals surface area contributed by atoms with E-state index in [2.05, 4.69) is 15.2 Å². The number of aromatic amines is 1. The number of nitrogens with zero attached hydrogens (tertiary/aromatic N) is 3. The van der Waals surface area contributed by atoms with Gasteiger partial charge in [-0.3, -0.25) is 4.57 Å². The molecule has 0 aromatic carbocycles. The summed E-state index contributed by atoms with van der Waals surface area (Å²) in [7, 11) is 0. The molecule has 6 nitrogen and oxygen atoms in total. The Morgan fingerprint density at radius 2 is 2.43 bits per heavy atom. The Labute approximate surface area is 130 Å². The fraction of sp³-hybridized carbons (Fsp3) is 0.462. The Balaban J connectivity index is 1.67. The van der Waals surface area contributed by atoms with Crippen molar-refractivity contribution in [2.75, 3.05) is 6.61 Å². The molecule has 1 aliphatic rings. The van der Waals surface area contributed by atoms with Gasteiger partial charge in [0, 0.05) is 18.6 Å². The molecule has 1 N–H and O–H groups in total. The standard InChI is InChI=1S/C13H15ClN4O2S/c14-11-4-3-9(6-15-11)8-21-13-17-16-12(19)18(13)7-10-2-1-5-20-10/h3-4,6,10H,1-2,5,7-8H2,(H,16,19). The van der Waals surface area contributed by atoms with E-state index in [1.165, 1.54) is 11.8 Å². The quantitative estimate of drug-likeness (QED) is 0.673. The zero-order valence-corrected chi connectivity index (χ0v) is 12.9. The van der Waals surface area contributed by atoms with E-state index in [0.717, 1.165) is 25.0 Å². The van der Waals surface area contributed by atoms with E-state index in [1.807, 2.05) is 6.07 Å². The van der Waals surface area contributed by atoms with E-state index in [9.17, 15) is 4.79 Å². The third-order valence-electron chi connectivity index (χ3n) is 3.29. The van der Waals surface area contributed by atoms with Crippen molar-refractivity contribution < 1.29 is 4.74 Å². The summed E-state index contributed by atoms with van der Waals surface area (Å²) in [5, 5.41) is 7.72. The number of aromatic nitrogens is 4. The van der Waals surface area contributed by atoms with Gasteiger partial charge in [0.1, 0.15) is 5.15 Å². The number of H-pyrrole nitrogens is 1. The predicted octanol–water partition coefficient (Wildman–Crippen LogP) is 2.09. The van der Waals surface area contributed by atoms with Crippen molar-refractivity contribution in [2.24, 2.45) is 0 Å². The van der Waals surface area contributed by atoms with E-state index in [-0.39, 0.29) is 11.8 Å². The third kappa shape index (κ3) is 3.66. The summed E-state index contributed by atoms with van der Waals surface area (Å²) in [4.78, 5) is 15.9. The average molecular weight is 327 g/mol. The Morgan fingerprint density at radius 1 is 1.52 bits per heavy atom. The molecule has 3 heterocycles. The molecule has 0 amide bonds. The van der Waals surface area contributed by atoms with Crippen molar-refractivity contribution in [1.29, 1.82) is 0 Å². The number of ether oxygens (including phenoxy) is 1. The van der Waals surface area contributed by atoms with Crippen LogP contribution in [0.15, 0.2) is 28.3 Å². The van der Waals surface area contributed by atoms with Crippen molar-refractivity contribution >= 4 is 23.4 Å². The van der Waals surface area contributed by atoms with Crippen molar-refractivity contribution in [3.05, 3.63) is 39.5 Å². The summed E-state index contributed by atoms with van der Waals surface area (Å²) in [6.07, 6.45) is 3.88. The van der Waals surface area contributed by atoms with E-state index < -0.39 is 0 Å². The molecule has 3 rings (SSSR count). The van der Waals surface area contributed by atoms with Crippen LogP contribution in [0.25, 0.3) is 0 Å². The Hall–Kier alpha value is -1.31. The molecule has 1 fully saturated rings. The summed E-state index contributed by atoms with van der Waals surface area (Å²) in [6, 6.07) is 3.67. The fourth-order valence-electron chi connectivity index (χ4n) is 2.21. The van der Waals surface area contributed by atoms with Crippen LogP contribution < -0.4 is 5.69 Å². The molecule has 1 saturated heterocycles. The molecule has 112 valence electrons. The number of rotatable bonds is 5. The van der Waals surface area contributed by atoms with Gasteiger partial charge in [-0.15, -0.1) is 5.10 Å². The average Bonchev–Trinajstić information content (AvgIpc) is 3.11. The lowest BCUT2D eigenvalue weighted by atomic mass is 10.2. The summed E-state index contributed by atoms with van der Waals surface area (Å²) >= 11 is 7.25. The normalized spacial score (nSPS) is 18.2. The molecular formula is C13H15ClN4O2S. The highest BCUT2D eigenvalue weighted by Crippen LogP contribution is 2.21. The van der Waals surface area contributed by atoms with Gasteiger partial charge in [-0.05, 0) is 24.5 Å². The third-order valence-corrected chi connectivity index (χ3v) is 4.56. The van der Waals surface area contributed by atoms with Gasteiger partial charge in [-0.25, -0.2) is 14.9 Å². The minimum Gasteiger partial charge on any atom is -0.376 e. The molecule has 2 aromatic heterocycles. The molecular weight excluding hydrogens is 312 g/mol. The second-order valence-electron chi connectivity index (χ2n) is 4.83. The SMILES string of the molecule is O=c1[nH]nc(SCc2ccc(Cl)nc2)n1CC1CCCO1. The Kier molecular flexibility index (Phi) is 4.62. The van der Waals surface area contributed by atoms with Crippen molar-refractivity contribution in [1.82, 2.24) is 19.7 Å². The first-order chi connectivity index (χ1) is 10.2. The van der Waals surface area contributed by atoms with Crippen LogP contribution in [0.1, 0.15) is 18.4 Å². The van der Waals surface area contributed by atoms with Gasteiger partial charge in [0.05, 0.1) is 12.6 Å². The van der Waals surface area contributed by atoms with Crippen LogP contribution in [-0.4, -0.2) is 32.5 Å². The molecule has 1 unspecified atom stereocenters. The molecule has 2 aromatic rings. The van der Waals surface area contributed by atoms with Gasteiger partial charge in [0.2, 0.25) is 0 Å². The zero-order chi connectivity index (χ0) is 14.7. The van der Waals surface area contributed by atoms with Crippen LogP contribution in [0.2, 0.25) is 5.15 Å². The monoisotopic (exact) mass is 326 g/mol. The van der Waals surface area contributed by atoms with Gasteiger partial charge in [-0.2, -0.15) is 0 Å². The molecule has 0 saturated carbocycles. The fourth-order valence-corrected chi connectivity index (χ4v) is 3.21. The molecule has 0 radical (unpaired) electrons. The number of nitrogens with one attached hydrogen (secondary N) is 1. The van der Waals surface area contributed by atoms with Gasteiger partial charge >= 0.3 is 5.69 Å². The second kappa shape index (κ2) is 6.64. The summed E-state index contributed by atoms with van der Waals surface area (Å²) < 4.78 is 7.22. The van der Waals surface area contributed by atoms with Crippen LogP contribution in [0.3, 0.4) is 0 Å². The van der Waals surface area contributed by atoms with E-state index in [4.69, 9.17) is 16.3 Å². The maximum Gasteiger partial charge on any atom is 0.344 e. The minimum absolute atomic E-state index is 0.108. The summed E-state index contributed by atoms with van der Waals surface area (Å²) in [5.41, 5.74) is 0.839. The van der Waals surface area contributed by atoms with Crippen molar-refractivity contribution in [3.63, 3.8) is 0 Å². The maximum atomic E-state index is 11.8. The number of halogens is 1. The number of pyridine rings is 1. The van der Waals surface area contributed by atoms with Crippen LogP contribution in [-0.2, 0) is 17.0 Å². The zero-order valence-electron chi connectivity index (χ0n) is 11.3. The lowest BCUT2D eigenvalue weighted by molar-refractivity contribution is 0.0941. The van der Waals surface area contributed by atoms with Crippen LogP contribution in [0.5, 0.6) is 0 Å². The molecule has 1 atom stereocenters. The van der Waals surface area contributed by atoms with Crippen LogP contribution >= 0.6 is 23.4 Å². The molecule has 0 spiro atoms. The summed E-state index contributed by atoms with van der Waals surface area (Å²) in [6.45, 7) is 1.33. The van der Waals surface area contributed by atoms with Crippen molar-refractivity contribution in [2.45, 2.75) is 36.4 Å². The molecule has 0 bridgehead atoms. The number of hydrogen-bond donors (Lipinski definition) is 1. The summed E-state index contributed by atoms with van der Waals surface area (Å²) in [5.74, 6) is 0.681. The van der Waals surface area contributed by atoms with E-state index in [1.54, 1.807) is 16.8 Å². The van der Waals surface area contributed by atoms with E-state index in [0.29, 0.717) is 22.6 Å². The van der Waals surface area contributed by atoms with Crippen LogP contribution in [0, 0.1) is 0 Å². The van der Waals surface area contributed by atoms with Gasteiger partial charge in [-0.1, -0.05) is 29.4 Å². The maximum absolute atomic E-state index is 11.8. The largest absolute Gasteiger partial charge is 0.376 e. The first-order valence-electron chi connectivity index (χ1n) is 6.72. The lowest BCUT2D eigenvalue weighted by Crippen LogP contribution is -2.24. The van der Waals surface area contributed by atoms with Gasteiger partial charge in [0.15, 0.2) is 5.16 Å². The highest BCUT2D eigenvalue weighted by Gasteiger charge is 2.19. The molecule has 8 heteroatoms. The van der Waals surface area contributed by atoms with Gasteiger partial charge in [0.25, 0.3) is 0 Å². The van der Waals surface area contributed by atoms with E-state index >= 15 is 0 Å². The highest BCUT2D eigenvalue weighted by atomic mass is 35.5. The number of thioether (sulfide) groups is 1. The topological polar surface area (TPSA) is 72.8 Å². The molecule has 21 heavy (non-hydrogen) atoms. The first-order valence-corrected chi connectivity index (χ1v) is 8.09. The second-order valence-corrected chi connectivity index (χ2v) is 6.16. The predicted molar refractivity (Wildman–Crippen MR) is 80.6 cm³/mol. The molecule has 1 aliphatic heterocycles. The smallest absolute Gasteiger partial charge is 0.344 e. The Morgan fingerprint density at radius 3 is 3.14 bits per heavy atom. The molecule has 0 aliphatic carbocycles. The van der Waals surface area contributed by atoms with Crippen LogP contribution in [0.4, 0.5) is 0 Å². The Bertz CT molecular complexity index is 649.